The summed E-state index contributed by atoms with van der Waals surface area (Å²) >= 11 is 0. The SMILES string of the molecule is CN1C(=O)NC(=O)C1c1ccc(OC(F)(F)F)cc1. The van der Waals surface area contributed by atoms with Crippen molar-refractivity contribution >= 4 is 11.9 Å². The van der Waals surface area contributed by atoms with E-state index in [9.17, 15) is 22.8 Å². The molecule has 0 bridgehead atoms. The summed E-state index contributed by atoms with van der Waals surface area (Å²) in [5.41, 5.74) is 0.403. The number of hydrogen-bond acceptors (Lipinski definition) is 3. The number of carbonyl (C=O) groups excluding carboxylic acids is 2. The molecule has 1 aliphatic rings. The van der Waals surface area contributed by atoms with Gasteiger partial charge >= 0.3 is 12.4 Å². The number of likely N-dealkylation sites (N-methyl/N-ethyl adjacent to an activating group) is 1. The molecule has 1 unspecified atom stereocenters. The van der Waals surface area contributed by atoms with Crippen LogP contribution in [0.15, 0.2) is 24.3 Å². The largest absolute Gasteiger partial charge is 0.573 e. The van der Waals surface area contributed by atoms with Gasteiger partial charge in [-0.2, -0.15) is 0 Å². The zero-order chi connectivity index (χ0) is 14.2. The number of imide groups is 1. The molecule has 1 N–H and O–H groups in total. The summed E-state index contributed by atoms with van der Waals surface area (Å²) in [5, 5.41) is 2.10. The monoisotopic (exact) mass is 274 g/mol. The van der Waals surface area contributed by atoms with Gasteiger partial charge in [-0.25, -0.2) is 4.79 Å². The lowest BCUT2D eigenvalue weighted by atomic mass is 10.1. The fourth-order valence-corrected chi connectivity index (χ4v) is 1.78. The first-order chi connectivity index (χ1) is 8.78. The van der Waals surface area contributed by atoms with E-state index in [1.165, 1.54) is 24.1 Å². The third-order valence-electron chi connectivity index (χ3n) is 2.62. The van der Waals surface area contributed by atoms with Gasteiger partial charge < -0.3 is 9.64 Å². The van der Waals surface area contributed by atoms with Crippen LogP contribution in [0.2, 0.25) is 0 Å². The van der Waals surface area contributed by atoms with E-state index in [1.807, 2.05) is 0 Å². The van der Waals surface area contributed by atoms with Crippen molar-refractivity contribution in [2.45, 2.75) is 12.4 Å². The molecule has 0 aromatic heterocycles. The Hall–Kier alpha value is -2.25. The van der Waals surface area contributed by atoms with Crippen molar-refractivity contribution in [3.05, 3.63) is 29.8 Å². The standard InChI is InChI=1S/C11H9F3N2O3/c1-16-8(9(17)15-10(16)18)6-2-4-7(5-3-6)19-11(12,13)14/h2-5,8H,1H3,(H,15,17,18). The second-order valence-corrected chi connectivity index (χ2v) is 3.92. The third-order valence-corrected chi connectivity index (χ3v) is 2.62. The van der Waals surface area contributed by atoms with Crippen molar-refractivity contribution in [2.75, 3.05) is 7.05 Å². The van der Waals surface area contributed by atoms with Crippen LogP contribution in [0.4, 0.5) is 18.0 Å². The Kier molecular flexibility index (Phi) is 3.09. The molecule has 1 aromatic carbocycles. The molecular weight excluding hydrogens is 265 g/mol. The van der Waals surface area contributed by atoms with Gasteiger partial charge in [0.25, 0.3) is 5.91 Å². The molecule has 2 rings (SSSR count). The lowest BCUT2D eigenvalue weighted by Gasteiger charge is -2.17. The fraction of sp³-hybridized carbons (Fsp3) is 0.273. The predicted molar refractivity (Wildman–Crippen MR) is 57.2 cm³/mol. The molecule has 1 fully saturated rings. The van der Waals surface area contributed by atoms with Crippen LogP contribution in [0.3, 0.4) is 0 Å². The normalized spacial score (nSPS) is 19.6. The highest BCUT2D eigenvalue weighted by atomic mass is 19.4. The Labute approximate surface area is 105 Å². The van der Waals surface area contributed by atoms with Crippen molar-refractivity contribution < 1.29 is 27.5 Å². The first-order valence-corrected chi connectivity index (χ1v) is 5.21. The Morgan fingerprint density at radius 1 is 1.21 bits per heavy atom. The number of nitrogens with one attached hydrogen (secondary N) is 1. The number of urea groups is 1. The van der Waals surface area contributed by atoms with Crippen LogP contribution in [0.5, 0.6) is 5.75 Å². The minimum atomic E-state index is -4.76. The minimum Gasteiger partial charge on any atom is -0.406 e. The van der Waals surface area contributed by atoms with Gasteiger partial charge in [-0.05, 0) is 17.7 Å². The first kappa shape index (κ1) is 13.2. The summed E-state index contributed by atoms with van der Waals surface area (Å²) in [6.45, 7) is 0. The van der Waals surface area contributed by atoms with Gasteiger partial charge in [0.1, 0.15) is 11.8 Å². The maximum atomic E-state index is 12.0. The molecule has 1 aliphatic heterocycles. The Bertz CT molecular complexity index is 513. The molecule has 0 saturated carbocycles. The summed E-state index contributed by atoms with van der Waals surface area (Å²) in [6, 6.07) is 3.40. The van der Waals surface area contributed by atoms with Crippen molar-refractivity contribution in [1.29, 1.82) is 0 Å². The predicted octanol–water partition coefficient (Wildman–Crippen LogP) is 1.81. The molecule has 1 heterocycles. The van der Waals surface area contributed by atoms with E-state index < -0.39 is 24.3 Å². The van der Waals surface area contributed by atoms with Crippen LogP contribution in [-0.4, -0.2) is 30.2 Å². The van der Waals surface area contributed by atoms with E-state index in [0.717, 1.165) is 12.1 Å². The average molecular weight is 274 g/mol. The topological polar surface area (TPSA) is 58.6 Å². The number of hydrogen-bond donors (Lipinski definition) is 1. The smallest absolute Gasteiger partial charge is 0.406 e. The molecular formula is C11H9F3N2O3. The molecule has 0 spiro atoms. The molecule has 19 heavy (non-hydrogen) atoms. The summed E-state index contributed by atoms with van der Waals surface area (Å²) in [5.74, 6) is -0.902. The number of alkyl halides is 3. The number of benzene rings is 1. The Morgan fingerprint density at radius 3 is 2.21 bits per heavy atom. The maximum absolute atomic E-state index is 12.0. The lowest BCUT2D eigenvalue weighted by molar-refractivity contribution is -0.274. The van der Waals surface area contributed by atoms with Crippen LogP contribution in [-0.2, 0) is 4.79 Å². The summed E-state index contributed by atoms with van der Waals surface area (Å²) in [7, 11) is 1.42. The van der Waals surface area contributed by atoms with E-state index in [1.54, 1.807) is 0 Å². The second-order valence-electron chi connectivity index (χ2n) is 3.92. The van der Waals surface area contributed by atoms with Gasteiger partial charge in [0.2, 0.25) is 0 Å². The highest BCUT2D eigenvalue weighted by molar-refractivity contribution is 6.04. The Morgan fingerprint density at radius 2 is 1.79 bits per heavy atom. The van der Waals surface area contributed by atoms with Gasteiger partial charge in [0.15, 0.2) is 0 Å². The molecule has 0 aliphatic carbocycles. The molecule has 8 heteroatoms. The molecule has 1 saturated heterocycles. The van der Waals surface area contributed by atoms with Crippen molar-refractivity contribution in [1.82, 2.24) is 10.2 Å². The summed E-state index contributed by atoms with van der Waals surface area (Å²) in [6.07, 6.45) is -4.76. The number of ether oxygens (including phenoxy) is 1. The van der Waals surface area contributed by atoms with E-state index in [4.69, 9.17) is 0 Å². The first-order valence-electron chi connectivity index (χ1n) is 5.21. The number of amides is 3. The van der Waals surface area contributed by atoms with Crippen LogP contribution in [0.1, 0.15) is 11.6 Å². The molecule has 0 radical (unpaired) electrons. The van der Waals surface area contributed by atoms with E-state index in [2.05, 4.69) is 10.1 Å². The molecule has 1 aromatic rings. The third kappa shape index (κ3) is 2.78. The summed E-state index contributed by atoms with van der Waals surface area (Å²) in [4.78, 5) is 23.9. The molecule has 102 valence electrons. The average Bonchev–Trinajstić information content (AvgIpc) is 2.53. The van der Waals surface area contributed by atoms with Gasteiger partial charge in [-0.1, -0.05) is 12.1 Å². The van der Waals surface area contributed by atoms with Crippen LogP contribution < -0.4 is 10.1 Å². The molecule has 3 amide bonds. The van der Waals surface area contributed by atoms with Crippen molar-refractivity contribution in [3.8, 4) is 5.75 Å². The van der Waals surface area contributed by atoms with Gasteiger partial charge in [-0.3, -0.25) is 10.1 Å². The molecule has 5 nitrogen and oxygen atoms in total. The lowest BCUT2D eigenvalue weighted by Crippen LogP contribution is -2.25. The van der Waals surface area contributed by atoms with Crippen molar-refractivity contribution in [2.24, 2.45) is 0 Å². The quantitative estimate of drug-likeness (QED) is 0.837. The van der Waals surface area contributed by atoms with Crippen LogP contribution in [0, 0.1) is 0 Å². The highest BCUT2D eigenvalue weighted by Crippen LogP contribution is 2.28. The number of nitrogens with zero attached hydrogens (tertiary/aromatic N) is 1. The highest BCUT2D eigenvalue weighted by Gasteiger charge is 2.37. The van der Waals surface area contributed by atoms with Gasteiger partial charge in [-0.15, -0.1) is 13.2 Å². The van der Waals surface area contributed by atoms with E-state index >= 15 is 0 Å². The van der Waals surface area contributed by atoms with Gasteiger partial charge in [0, 0.05) is 7.05 Å². The maximum Gasteiger partial charge on any atom is 0.573 e. The zero-order valence-electron chi connectivity index (χ0n) is 9.69. The Balaban J connectivity index is 2.19. The zero-order valence-corrected chi connectivity index (χ0v) is 9.69. The molecule has 1 atom stereocenters. The fourth-order valence-electron chi connectivity index (χ4n) is 1.78. The second kappa shape index (κ2) is 4.45. The van der Waals surface area contributed by atoms with Crippen molar-refractivity contribution in [3.63, 3.8) is 0 Å². The number of carbonyl (C=O) groups is 2. The van der Waals surface area contributed by atoms with E-state index in [0.29, 0.717) is 5.56 Å². The summed E-state index contributed by atoms with van der Waals surface area (Å²) < 4.78 is 39.6. The van der Waals surface area contributed by atoms with Gasteiger partial charge in [0.05, 0.1) is 0 Å². The van der Waals surface area contributed by atoms with E-state index in [-0.39, 0.29) is 5.75 Å². The van der Waals surface area contributed by atoms with Crippen LogP contribution in [0.25, 0.3) is 0 Å². The van der Waals surface area contributed by atoms with Crippen LogP contribution >= 0.6 is 0 Å². The number of halogens is 3. The minimum absolute atomic E-state index is 0.386. The number of rotatable bonds is 2.